The molecule has 0 heterocycles. The summed E-state index contributed by atoms with van der Waals surface area (Å²) < 4.78 is 13.0. The van der Waals surface area contributed by atoms with E-state index in [0.717, 1.165) is 30.5 Å². The molecule has 3 aromatic rings. The second kappa shape index (κ2) is 11.1. The number of amides is 1. The number of carbonyl (C=O) groups excluding carboxylic acids is 1. The van der Waals surface area contributed by atoms with Crippen molar-refractivity contribution in [3.63, 3.8) is 0 Å². The molecule has 31 heavy (non-hydrogen) atoms. The minimum atomic E-state index is -0.235. The molecule has 3 rings (SSSR count). The highest BCUT2D eigenvalue weighted by molar-refractivity contribution is 14.1. The van der Waals surface area contributed by atoms with Crippen molar-refractivity contribution in [2.24, 2.45) is 0 Å². The van der Waals surface area contributed by atoms with Gasteiger partial charge in [0.2, 0.25) is 0 Å². The molecule has 0 saturated carbocycles. The van der Waals surface area contributed by atoms with E-state index in [9.17, 15) is 4.79 Å². The molecule has 0 aromatic heterocycles. The fraction of sp³-hybridized carbons (Fsp3) is 0.174. The van der Waals surface area contributed by atoms with Crippen LogP contribution in [0.2, 0.25) is 5.02 Å². The maximum absolute atomic E-state index is 12.3. The molecule has 0 fully saturated rings. The molecular weight excluding hydrogens is 595 g/mol. The van der Waals surface area contributed by atoms with Crippen molar-refractivity contribution in [3.05, 3.63) is 78.8 Å². The van der Waals surface area contributed by atoms with E-state index in [1.807, 2.05) is 61.5 Å². The van der Waals surface area contributed by atoms with Crippen LogP contribution in [0.3, 0.4) is 0 Å². The van der Waals surface area contributed by atoms with Gasteiger partial charge in [0.15, 0.2) is 18.1 Å². The summed E-state index contributed by atoms with van der Waals surface area (Å²) in [4.78, 5) is 12.3. The van der Waals surface area contributed by atoms with Crippen LogP contribution in [0.25, 0.3) is 0 Å². The number of hydrogen-bond donors (Lipinski definition) is 2. The van der Waals surface area contributed by atoms with Gasteiger partial charge >= 0.3 is 0 Å². The monoisotopic (exact) mass is 614 g/mol. The molecule has 0 bridgehead atoms. The third-order valence-corrected chi connectivity index (χ3v) is 6.39. The van der Waals surface area contributed by atoms with Gasteiger partial charge in [-0.1, -0.05) is 23.7 Å². The van der Waals surface area contributed by atoms with E-state index >= 15 is 0 Å². The molecule has 0 aliphatic heterocycles. The molecule has 3 aromatic carbocycles. The highest BCUT2D eigenvalue weighted by Crippen LogP contribution is 2.34. The lowest BCUT2D eigenvalue weighted by atomic mass is 10.2. The van der Waals surface area contributed by atoms with Gasteiger partial charge in [-0.3, -0.25) is 4.79 Å². The number of hydrogen-bond acceptors (Lipinski definition) is 4. The predicted octanol–water partition coefficient (Wildman–Crippen LogP) is 6.65. The van der Waals surface area contributed by atoms with Gasteiger partial charge in [-0.15, -0.1) is 0 Å². The molecule has 0 radical (unpaired) electrons. The van der Waals surface area contributed by atoms with Crippen LogP contribution in [-0.2, 0) is 11.3 Å². The molecule has 2 N–H and O–H groups in total. The Morgan fingerprint density at radius 1 is 1.13 bits per heavy atom. The Morgan fingerprint density at radius 3 is 2.65 bits per heavy atom. The van der Waals surface area contributed by atoms with Gasteiger partial charge in [0.1, 0.15) is 0 Å². The Labute approximate surface area is 208 Å². The summed E-state index contributed by atoms with van der Waals surface area (Å²) in [6.45, 7) is 2.44. The first-order valence-electron chi connectivity index (χ1n) is 9.40. The Bertz CT molecular complexity index is 1090. The highest BCUT2D eigenvalue weighted by atomic mass is 127. The minimum Gasteiger partial charge on any atom is -0.493 e. The highest BCUT2D eigenvalue weighted by Gasteiger charge is 2.14. The van der Waals surface area contributed by atoms with Crippen LogP contribution >= 0.6 is 50.1 Å². The molecule has 0 unspecified atom stereocenters. The zero-order chi connectivity index (χ0) is 22.4. The fourth-order valence-corrected chi connectivity index (χ4v) is 4.13. The summed E-state index contributed by atoms with van der Waals surface area (Å²) in [5.74, 6) is 0.875. The molecular formula is C23H21BrClIN2O3. The van der Waals surface area contributed by atoms with E-state index in [1.165, 1.54) is 0 Å². The summed E-state index contributed by atoms with van der Waals surface area (Å²) in [6, 6.07) is 17.2. The van der Waals surface area contributed by atoms with E-state index in [-0.39, 0.29) is 12.5 Å². The average molecular weight is 616 g/mol. The van der Waals surface area contributed by atoms with Gasteiger partial charge in [0.05, 0.1) is 15.7 Å². The quantitative estimate of drug-likeness (QED) is 0.279. The smallest absolute Gasteiger partial charge is 0.262 e. The Kier molecular flexibility index (Phi) is 8.45. The van der Waals surface area contributed by atoms with Gasteiger partial charge in [0, 0.05) is 22.4 Å². The van der Waals surface area contributed by atoms with Crippen molar-refractivity contribution in [2.45, 2.75) is 13.5 Å². The summed E-state index contributed by atoms with van der Waals surface area (Å²) in [5.41, 5.74) is 3.74. The summed E-state index contributed by atoms with van der Waals surface area (Å²) in [6.07, 6.45) is 0. The normalized spacial score (nSPS) is 10.5. The van der Waals surface area contributed by atoms with Crippen LogP contribution < -0.4 is 20.1 Å². The molecule has 162 valence electrons. The van der Waals surface area contributed by atoms with E-state index in [0.29, 0.717) is 23.1 Å². The van der Waals surface area contributed by atoms with Crippen LogP contribution in [0, 0.1) is 10.5 Å². The third-order valence-electron chi connectivity index (χ3n) is 4.35. The lowest BCUT2D eigenvalue weighted by molar-refractivity contribution is -0.118. The van der Waals surface area contributed by atoms with Crippen LogP contribution in [0.15, 0.2) is 59.1 Å². The number of carbonyl (C=O) groups is 1. The number of aryl methyl sites for hydroxylation is 1. The first-order valence-corrected chi connectivity index (χ1v) is 11.7. The predicted molar refractivity (Wildman–Crippen MR) is 137 cm³/mol. The van der Waals surface area contributed by atoms with Gasteiger partial charge in [-0.2, -0.15) is 0 Å². The van der Waals surface area contributed by atoms with Gasteiger partial charge in [-0.05, 0) is 99.0 Å². The molecule has 5 nitrogen and oxygen atoms in total. The van der Waals surface area contributed by atoms with Crippen molar-refractivity contribution in [2.75, 3.05) is 24.4 Å². The average Bonchev–Trinajstić information content (AvgIpc) is 2.73. The first-order chi connectivity index (χ1) is 14.9. The molecule has 0 aliphatic rings. The SMILES string of the molecule is COc1cc(CNc2ccc(Br)c(Cl)c2)cc(I)c1OCC(=O)Nc1cccc(C)c1. The molecule has 0 spiro atoms. The van der Waals surface area contributed by atoms with Crippen LogP contribution in [0.4, 0.5) is 11.4 Å². The zero-order valence-electron chi connectivity index (χ0n) is 17.0. The molecule has 8 heteroatoms. The molecule has 0 saturated heterocycles. The van der Waals surface area contributed by atoms with Crippen molar-refractivity contribution < 1.29 is 14.3 Å². The van der Waals surface area contributed by atoms with Crippen molar-refractivity contribution in [1.82, 2.24) is 0 Å². The van der Waals surface area contributed by atoms with E-state index in [1.54, 1.807) is 7.11 Å². The Morgan fingerprint density at radius 2 is 1.94 bits per heavy atom. The van der Waals surface area contributed by atoms with Crippen molar-refractivity contribution in [3.8, 4) is 11.5 Å². The Balaban J connectivity index is 1.64. The second-order valence-corrected chi connectivity index (χ2v) is 9.22. The molecule has 0 atom stereocenters. The fourth-order valence-electron chi connectivity index (χ4n) is 2.88. The molecule has 0 aliphatic carbocycles. The molecule has 1 amide bonds. The van der Waals surface area contributed by atoms with E-state index in [2.05, 4.69) is 49.2 Å². The number of halogens is 3. The number of methoxy groups -OCH3 is 1. The number of rotatable bonds is 8. The van der Waals surface area contributed by atoms with Crippen molar-refractivity contribution >= 4 is 67.4 Å². The number of benzene rings is 3. The van der Waals surface area contributed by atoms with Gasteiger partial charge < -0.3 is 20.1 Å². The van der Waals surface area contributed by atoms with Gasteiger partial charge in [-0.25, -0.2) is 0 Å². The van der Waals surface area contributed by atoms with Crippen LogP contribution in [0.1, 0.15) is 11.1 Å². The maximum atomic E-state index is 12.3. The van der Waals surface area contributed by atoms with Crippen LogP contribution in [0.5, 0.6) is 11.5 Å². The number of ether oxygens (including phenoxy) is 2. The standard InChI is InChI=1S/C23H21BrClIN2O3/c1-14-4-3-5-17(8-14)28-22(29)13-31-23-20(26)9-15(10-21(23)30-2)12-27-16-6-7-18(24)19(25)11-16/h3-11,27H,12-13H2,1-2H3,(H,28,29). The Hall–Kier alpha value is -1.97. The maximum Gasteiger partial charge on any atom is 0.262 e. The van der Waals surface area contributed by atoms with E-state index in [4.69, 9.17) is 21.1 Å². The third kappa shape index (κ3) is 6.75. The van der Waals surface area contributed by atoms with E-state index < -0.39 is 0 Å². The largest absolute Gasteiger partial charge is 0.493 e. The van der Waals surface area contributed by atoms with Crippen molar-refractivity contribution in [1.29, 1.82) is 0 Å². The number of anilines is 2. The topological polar surface area (TPSA) is 59.6 Å². The zero-order valence-corrected chi connectivity index (χ0v) is 21.5. The second-order valence-electron chi connectivity index (χ2n) is 6.80. The summed E-state index contributed by atoms with van der Waals surface area (Å²) in [7, 11) is 1.58. The van der Waals surface area contributed by atoms with Crippen LogP contribution in [-0.4, -0.2) is 19.6 Å². The summed E-state index contributed by atoms with van der Waals surface area (Å²) in [5, 5.41) is 6.82. The number of nitrogens with one attached hydrogen (secondary N) is 2. The summed E-state index contributed by atoms with van der Waals surface area (Å²) >= 11 is 11.7. The minimum absolute atomic E-state index is 0.116. The first kappa shape index (κ1) is 23.7. The lowest BCUT2D eigenvalue weighted by Gasteiger charge is -2.15. The lowest BCUT2D eigenvalue weighted by Crippen LogP contribution is -2.20. The van der Waals surface area contributed by atoms with Gasteiger partial charge in [0.25, 0.3) is 5.91 Å².